The summed E-state index contributed by atoms with van der Waals surface area (Å²) in [5, 5.41) is 12.6. The Morgan fingerprint density at radius 3 is 2.81 bits per heavy atom. The largest absolute Gasteiger partial charge is 0.396 e. The zero-order chi connectivity index (χ0) is 11.4. The molecule has 0 bridgehead atoms. The normalized spacial score (nSPS) is 17.4. The molecular weight excluding hydrogens is 198 g/mol. The van der Waals surface area contributed by atoms with Crippen molar-refractivity contribution >= 4 is 0 Å². The molecule has 1 aromatic carbocycles. The van der Waals surface area contributed by atoms with Crippen LogP contribution in [0.1, 0.15) is 24.0 Å². The maximum Gasteiger partial charge on any atom is 0.0499 e. The minimum atomic E-state index is 0.229. The van der Waals surface area contributed by atoms with Crippen LogP contribution in [-0.2, 0) is 6.42 Å². The van der Waals surface area contributed by atoms with Crippen molar-refractivity contribution in [2.24, 2.45) is 5.41 Å². The van der Waals surface area contributed by atoms with Crippen molar-refractivity contribution in [3.63, 3.8) is 0 Å². The molecule has 1 fully saturated rings. The maximum atomic E-state index is 9.17. The highest BCUT2D eigenvalue weighted by molar-refractivity contribution is 5.22. The van der Waals surface area contributed by atoms with Crippen molar-refractivity contribution in [2.45, 2.75) is 26.2 Å². The van der Waals surface area contributed by atoms with Gasteiger partial charge in [-0.2, -0.15) is 0 Å². The Kier molecular flexibility index (Phi) is 3.62. The number of hydrogen-bond donors (Lipinski definition) is 2. The van der Waals surface area contributed by atoms with Crippen molar-refractivity contribution in [3.05, 3.63) is 35.4 Å². The second kappa shape index (κ2) is 4.98. The molecule has 1 aliphatic rings. The molecule has 2 N–H and O–H groups in total. The molecule has 0 atom stereocenters. The minimum absolute atomic E-state index is 0.229. The lowest BCUT2D eigenvalue weighted by Gasteiger charge is -2.12. The topological polar surface area (TPSA) is 32.3 Å². The van der Waals surface area contributed by atoms with Crippen LogP contribution < -0.4 is 5.32 Å². The van der Waals surface area contributed by atoms with Crippen LogP contribution in [0.3, 0.4) is 0 Å². The van der Waals surface area contributed by atoms with Gasteiger partial charge in [0, 0.05) is 18.6 Å². The molecule has 1 aromatic rings. The molecule has 1 saturated carbocycles. The highest BCUT2D eigenvalue weighted by Gasteiger charge is 2.41. The first kappa shape index (κ1) is 11.6. The Morgan fingerprint density at radius 2 is 2.19 bits per heavy atom. The van der Waals surface area contributed by atoms with E-state index in [1.54, 1.807) is 0 Å². The van der Waals surface area contributed by atoms with Crippen molar-refractivity contribution in [3.8, 4) is 0 Å². The van der Waals surface area contributed by atoms with Gasteiger partial charge in [-0.15, -0.1) is 0 Å². The van der Waals surface area contributed by atoms with E-state index >= 15 is 0 Å². The van der Waals surface area contributed by atoms with Crippen LogP contribution in [-0.4, -0.2) is 24.8 Å². The number of nitrogens with one attached hydrogen (secondary N) is 1. The van der Waals surface area contributed by atoms with Crippen LogP contribution >= 0.6 is 0 Å². The van der Waals surface area contributed by atoms with Gasteiger partial charge in [-0.25, -0.2) is 0 Å². The molecule has 0 spiro atoms. The van der Waals surface area contributed by atoms with E-state index in [0.29, 0.717) is 6.61 Å². The van der Waals surface area contributed by atoms with Crippen LogP contribution in [0.2, 0.25) is 0 Å². The molecular formula is C14H21NO. The van der Waals surface area contributed by atoms with Crippen LogP contribution in [0.4, 0.5) is 0 Å². The SMILES string of the molecule is Cc1cccc(CCNCC2(CO)CC2)c1. The summed E-state index contributed by atoms with van der Waals surface area (Å²) in [6, 6.07) is 8.65. The molecule has 0 radical (unpaired) electrons. The second-order valence-corrected chi connectivity index (χ2v) is 5.07. The van der Waals surface area contributed by atoms with Gasteiger partial charge in [-0.1, -0.05) is 29.8 Å². The number of aryl methyl sites for hydroxylation is 1. The van der Waals surface area contributed by atoms with E-state index in [4.69, 9.17) is 5.11 Å². The number of rotatable bonds is 6. The molecule has 88 valence electrons. The molecule has 1 aliphatic carbocycles. The Morgan fingerprint density at radius 1 is 1.38 bits per heavy atom. The molecule has 0 aromatic heterocycles. The Bertz CT molecular complexity index is 344. The predicted molar refractivity (Wildman–Crippen MR) is 66.5 cm³/mol. The van der Waals surface area contributed by atoms with Crippen LogP contribution in [0.25, 0.3) is 0 Å². The van der Waals surface area contributed by atoms with Gasteiger partial charge in [0.1, 0.15) is 0 Å². The van der Waals surface area contributed by atoms with Crippen molar-refractivity contribution in [1.82, 2.24) is 5.32 Å². The predicted octanol–water partition coefficient (Wildman–Crippen LogP) is 1.90. The van der Waals surface area contributed by atoms with Crippen LogP contribution in [0, 0.1) is 12.3 Å². The quantitative estimate of drug-likeness (QED) is 0.716. The molecule has 2 heteroatoms. The fourth-order valence-corrected chi connectivity index (χ4v) is 2.02. The number of aliphatic hydroxyl groups is 1. The first-order valence-corrected chi connectivity index (χ1v) is 6.11. The van der Waals surface area contributed by atoms with Gasteiger partial charge in [0.2, 0.25) is 0 Å². The Hall–Kier alpha value is -0.860. The standard InChI is InChI=1S/C14H21NO/c1-12-3-2-4-13(9-12)5-8-15-10-14(11-16)6-7-14/h2-4,9,15-16H,5-8,10-11H2,1H3. The third kappa shape index (κ3) is 3.06. The van der Waals surface area contributed by atoms with Gasteiger partial charge < -0.3 is 10.4 Å². The average molecular weight is 219 g/mol. The third-order valence-electron chi connectivity index (χ3n) is 3.47. The Labute approximate surface area is 97.7 Å². The summed E-state index contributed by atoms with van der Waals surface area (Å²) in [6.45, 7) is 4.44. The molecule has 2 rings (SSSR count). The van der Waals surface area contributed by atoms with Gasteiger partial charge in [0.15, 0.2) is 0 Å². The van der Waals surface area contributed by atoms with E-state index in [9.17, 15) is 0 Å². The van der Waals surface area contributed by atoms with E-state index in [1.807, 2.05) is 0 Å². The van der Waals surface area contributed by atoms with E-state index in [1.165, 1.54) is 24.0 Å². The lowest BCUT2D eigenvalue weighted by atomic mass is 10.1. The highest BCUT2D eigenvalue weighted by Crippen LogP contribution is 2.44. The van der Waals surface area contributed by atoms with E-state index < -0.39 is 0 Å². The molecule has 0 unspecified atom stereocenters. The summed E-state index contributed by atoms with van der Waals surface area (Å²) in [5.41, 5.74) is 2.94. The number of benzene rings is 1. The van der Waals surface area contributed by atoms with Gasteiger partial charge in [0.05, 0.1) is 0 Å². The van der Waals surface area contributed by atoms with Crippen molar-refractivity contribution in [2.75, 3.05) is 19.7 Å². The average Bonchev–Trinajstić information content (AvgIpc) is 3.05. The first-order valence-electron chi connectivity index (χ1n) is 6.11. The summed E-state index contributed by atoms with van der Waals surface area (Å²) in [6.07, 6.45) is 3.44. The van der Waals surface area contributed by atoms with E-state index in [0.717, 1.165) is 19.5 Å². The molecule has 16 heavy (non-hydrogen) atoms. The summed E-state index contributed by atoms with van der Waals surface area (Å²) in [5.74, 6) is 0. The van der Waals surface area contributed by atoms with Crippen molar-refractivity contribution in [1.29, 1.82) is 0 Å². The lowest BCUT2D eigenvalue weighted by Crippen LogP contribution is -2.28. The minimum Gasteiger partial charge on any atom is -0.396 e. The summed E-state index contributed by atoms with van der Waals surface area (Å²) in [4.78, 5) is 0. The monoisotopic (exact) mass is 219 g/mol. The zero-order valence-corrected chi connectivity index (χ0v) is 10.00. The highest BCUT2D eigenvalue weighted by atomic mass is 16.3. The molecule has 0 amide bonds. The summed E-state index contributed by atoms with van der Waals surface area (Å²) < 4.78 is 0. The summed E-state index contributed by atoms with van der Waals surface area (Å²) >= 11 is 0. The van der Waals surface area contributed by atoms with Gasteiger partial charge in [-0.05, 0) is 38.3 Å². The Balaban J connectivity index is 1.68. The third-order valence-corrected chi connectivity index (χ3v) is 3.47. The summed E-state index contributed by atoms with van der Waals surface area (Å²) in [7, 11) is 0. The van der Waals surface area contributed by atoms with Gasteiger partial charge >= 0.3 is 0 Å². The molecule has 0 heterocycles. The zero-order valence-electron chi connectivity index (χ0n) is 10.00. The number of aliphatic hydroxyl groups excluding tert-OH is 1. The molecule has 0 saturated heterocycles. The van der Waals surface area contributed by atoms with E-state index in [-0.39, 0.29) is 5.41 Å². The molecule has 0 aliphatic heterocycles. The van der Waals surface area contributed by atoms with Gasteiger partial charge in [0.25, 0.3) is 0 Å². The maximum absolute atomic E-state index is 9.17. The van der Waals surface area contributed by atoms with Crippen LogP contribution in [0.15, 0.2) is 24.3 Å². The van der Waals surface area contributed by atoms with Crippen molar-refractivity contribution < 1.29 is 5.11 Å². The smallest absolute Gasteiger partial charge is 0.0499 e. The fourth-order valence-electron chi connectivity index (χ4n) is 2.02. The second-order valence-electron chi connectivity index (χ2n) is 5.07. The fraction of sp³-hybridized carbons (Fsp3) is 0.571. The van der Waals surface area contributed by atoms with Crippen LogP contribution in [0.5, 0.6) is 0 Å². The molecule has 2 nitrogen and oxygen atoms in total. The first-order chi connectivity index (χ1) is 7.74. The number of hydrogen-bond acceptors (Lipinski definition) is 2. The lowest BCUT2D eigenvalue weighted by molar-refractivity contribution is 0.208. The van der Waals surface area contributed by atoms with E-state index in [2.05, 4.69) is 36.5 Å². The van der Waals surface area contributed by atoms with Gasteiger partial charge in [-0.3, -0.25) is 0 Å².